The van der Waals surface area contributed by atoms with E-state index in [1.165, 1.54) is 53.7 Å². The van der Waals surface area contributed by atoms with Gasteiger partial charge in [-0.05, 0) is 56.2 Å². The minimum absolute atomic E-state index is 0.0181. The largest absolute Gasteiger partial charge is 0.449 e. The van der Waals surface area contributed by atoms with Gasteiger partial charge >= 0.3 is 5.97 Å². The molecule has 2 aromatic carbocycles. The summed E-state index contributed by atoms with van der Waals surface area (Å²) >= 11 is 11.8. The fourth-order valence-corrected chi connectivity index (χ4v) is 5.10. The van der Waals surface area contributed by atoms with Crippen LogP contribution in [0.1, 0.15) is 30.1 Å². The molecule has 7 nitrogen and oxygen atoms in total. The van der Waals surface area contributed by atoms with Crippen molar-refractivity contribution in [1.29, 1.82) is 0 Å². The van der Waals surface area contributed by atoms with Crippen molar-refractivity contribution in [2.45, 2.75) is 30.8 Å². The molecule has 0 aliphatic carbocycles. The van der Waals surface area contributed by atoms with E-state index in [0.29, 0.717) is 28.8 Å². The number of hydrogen-bond acceptors (Lipinski definition) is 5. The van der Waals surface area contributed by atoms with Gasteiger partial charge in [-0.15, -0.1) is 0 Å². The van der Waals surface area contributed by atoms with Gasteiger partial charge in [0.2, 0.25) is 10.0 Å². The zero-order valence-corrected chi connectivity index (χ0v) is 18.4. The molecule has 0 spiro atoms. The van der Waals surface area contributed by atoms with Crippen molar-refractivity contribution in [3.8, 4) is 0 Å². The maximum atomic E-state index is 12.7. The summed E-state index contributed by atoms with van der Waals surface area (Å²) in [5.41, 5.74) is 0.403. The van der Waals surface area contributed by atoms with Crippen molar-refractivity contribution >= 4 is 50.8 Å². The molecule has 10 heteroatoms. The number of rotatable bonds is 6. The number of amides is 1. The number of halogens is 2. The van der Waals surface area contributed by atoms with Gasteiger partial charge < -0.3 is 10.1 Å². The lowest BCUT2D eigenvalue weighted by Gasteiger charge is -2.17. The van der Waals surface area contributed by atoms with E-state index in [1.54, 1.807) is 0 Å². The zero-order valence-electron chi connectivity index (χ0n) is 16.1. The van der Waals surface area contributed by atoms with Crippen molar-refractivity contribution in [2.75, 3.05) is 18.4 Å². The monoisotopic (exact) mass is 470 g/mol. The van der Waals surface area contributed by atoms with Crippen molar-refractivity contribution < 1.29 is 22.7 Å². The van der Waals surface area contributed by atoms with Crippen LogP contribution in [0.2, 0.25) is 10.0 Å². The van der Waals surface area contributed by atoms with E-state index in [4.69, 9.17) is 27.9 Å². The smallest absolute Gasteiger partial charge is 0.338 e. The first-order valence-electron chi connectivity index (χ1n) is 9.25. The fraction of sp³-hybridized carbons (Fsp3) is 0.300. The second-order valence-corrected chi connectivity index (χ2v) is 9.64. The standard InChI is InChI=1S/C20H20Cl2N2O5S/c1-13(19(25)23-17-11-15(21)10-16(22)12-17)29-20(26)14-5-4-6-18(9-14)30(27,28)24-7-2-3-8-24/h4-6,9-13H,2-3,7-8H2,1H3,(H,23,25). The Morgan fingerprint density at radius 2 is 1.70 bits per heavy atom. The maximum Gasteiger partial charge on any atom is 0.338 e. The summed E-state index contributed by atoms with van der Waals surface area (Å²) in [4.78, 5) is 24.8. The average Bonchev–Trinajstić information content (AvgIpc) is 3.23. The summed E-state index contributed by atoms with van der Waals surface area (Å²) in [5.74, 6) is -1.39. The predicted octanol–water partition coefficient (Wildman–Crippen LogP) is 3.96. The maximum absolute atomic E-state index is 12.7. The molecule has 0 aromatic heterocycles. The summed E-state index contributed by atoms with van der Waals surface area (Å²) in [5, 5.41) is 3.26. The first-order valence-corrected chi connectivity index (χ1v) is 11.4. The number of anilines is 1. The number of ether oxygens (including phenoxy) is 1. The number of benzene rings is 2. The van der Waals surface area contributed by atoms with Gasteiger partial charge in [-0.1, -0.05) is 29.3 Å². The summed E-state index contributed by atoms with van der Waals surface area (Å²) in [6.07, 6.45) is 0.491. The third-order valence-corrected chi connectivity index (χ3v) is 6.89. The predicted molar refractivity (Wildman–Crippen MR) is 114 cm³/mol. The van der Waals surface area contributed by atoms with Gasteiger partial charge in [0.15, 0.2) is 6.10 Å². The molecule has 2 aromatic rings. The van der Waals surface area contributed by atoms with Crippen LogP contribution in [0, 0.1) is 0 Å². The molecule has 0 radical (unpaired) electrons. The molecular formula is C20H20Cl2N2O5S. The highest BCUT2D eigenvalue weighted by Crippen LogP contribution is 2.24. The third-order valence-electron chi connectivity index (χ3n) is 4.56. The van der Waals surface area contributed by atoms with E-state index in [1.807, 2.05) is 0 Å². The van der Waals surface area contributed by atoms with Crippen LogP contribution in [0.15, 0.2) is 47.4 Å². The van der Waals surface area contributed by atoms with Gasteiger partial charge in [0.25, 0.3) is 5.91 Å². The van der Waals surface area contributed by atoms with Crippen molar-refractivity contribution in [2.24, 2.45) is 0 Å². The SMILES string of the molecule is CC(OC(=O)c1cccc(S(=O)(=O)N2CCCC2)c1)C(=O)Nc1cc(Cl)cc(Cl)c1. The topological polar surface area (TPSA) is 92.8 Å². The number of carbonyl (C=O) groups excluding carboxylic acids is 2. The zero-order chi connectivity index (χ0) is 21.9. The second kappa shape index (κ2) is 9.34. The molecule has 1 atom stereocenters. The van der Waals surface area contributed by atoms with Gasteiger partial charge in [-0.3, -0.25) is 4.79 Å². The van der Waals surface area contributed by atoms with Crippen LogP contribution in [0.4, 0.5) is 5.69 Å². The van der Waals surface area contributed by atoms with Gasteiger partial charge in [0.1, 0.15) is 0 Å². The summed E-state index contributed by atoms with van der Waals surface area (Å²) in [6, 6.07) is 10.1. The number of hydrogen-bond donors (Lipinski definition) is 1. The third kappa shape index (κ3) is 5.31. The number of sulfonamides is 1. The highest BCUT2D eigenvalue weighted by atomic mass is 35.5. The summed E-state index contributed by atoms with van der Waals surface area (Å²) < 4.78 is 32.0. The van der Waals surface area contributed by atoms with Gasteiger partial charge in [0, 0.05) is 28.8 Å². The lowest BCUT2D eigenvalue weighted by molar-refractivity contribution is -0.123. The van der Waals surface area contributed by atoms with E-state index in [2.05, 4.69) is 5.32 Å². The van der Waals surface area contributed by atoms with E-state index in [0.717, 1.165) is 12.8 Å². The Morgan fingerprint density at radius 3 is 2.33 bits per heavy atom. The van der Waals surface area contributed by atoms with Crippen LogP contribution < -0.4 is 5.32 Å². The van der Waals surface area contributed by atoms with E-state index in [9.17, 15) is 18.0 Å². The van der Waals surface area contributed by atoms with Gasteiger partial charge in [-0.2, -0.15) is 4.31 Å². The first-order chi connectivity index (χ1) is 14.2. The molecule has 3 rings (SSSR count). The van der Waals surface area contributed by atoms with E-state index in [-0.39, 0.29) is 10.5 Å². The first kappa shape index (κ1) is 22.6. The Kier molecular flexibility index (Phi) is 7.02. The molecule has 1 fully saturated rings. The molecule has 1 aliphatic rings. The van der Waals surface area contributed by atoms with Crippen LogP contribution in [0.3, 0.4) is 0 Å². The molecule has 1 N–H and O–H groups in total. The van der Waals surface area contributed by atoms with Crippen molar-refractivity contribution in [1.82, 2.24) is 4.31 Å². The Morgan fingerprint density at radius 1 is 1.07 bits per heavy atom. The van der Waals surface area contributed by atoms with Crippen LogP contribution in [0.5, 0.6) is 0 Å². The molecule has 1 saturated heterocycles. The fourth-order valence-electron chi connectivity index (χ4n) is 3.01. The average molecular weight is 471 g/mol. The van der Waals surface area contributed by atoms with Crippen LogP contribution in [-0.2, 0) is 19.6 Å². The molecule has 1 aliphatic heterocycles. The molecule has 1 heterocycles. The Balaban J connectivity index is 1.68. The Bertz CT molecular complexity index is 1050. The molecule has 0 saturated carbocycles. The molecule has 1 amide bonds. The lowest BCUT2D eigenvalue weighted by Crippen LogP contribution is -2.30. The quantitative estimate of drug-likeness (QED) is 0.644. The summed E-state index contributed by atoms with van der Waals surface area (Å²) in [7, 11) is -3.67. The molecular weight excluding hydrogens is 451 g/mol. The van der Waals surface area contributed by atoms with Crippen LogP contribution >= 0.6 is 23.2 Å². The number of esters is 1. The number of nitrogens with one attached hydrogen (secondary N) is 1. The molecule has 1 unspecified atom stereocenters. The lowest BCUT2D eigenvalue weighted by atomic mass is 10.2. The second-order valence-electron chi connectivity index (χ2n) is 6.83. The van der Waals surface area contributed by atoms with Crippen molar-refractivity contribution in [3.63, 3.8) is 0 Å². The number of carbonyl (C=O) groups is 2. The molecule has 0 bridgehead atoms. The molecule has 30 heavy (non-hydrogen) atoms. The van der Waals surface area contributed by atoms with Crippen LogP contribution in [-0.4, -0.2) is 43.8 Å². The Hall–Kier alpha value is -2.13. The normalized spacial score (nSPS) is 15.6. The van der Waals surface area contributed by atoms with Crippen molar-refractivity contribution in [3.05, 3.63) is 58.1 Å². The highest BCUT2D eigenvalue weighted by Gasteiger charge is 2.28. The van der Waals surface area contributed by atoms with E-state index < -0.39 is 28.0 Å². The van der Waals surface area contributed by atoms with Gasteiger partial charge in [0.05, 0.1) is 10.5 Å². The minimum Gasteiger partial charge on any atom is -0.449 e. The van der Waals surface area contributed by atoms with Crippen LogP contribution in [0.25, 0.3) is 0 Å². The minimum atomic E-state index is -3.67. The number of nitrogens with zero attached hydrogens (tertiary/aromatic N) is 1. The Labute approximate surface area is 185 Å². The van der Waals surface area contributed by atoms with Gasteiger partial charge in [-0.25, -0.2) is 13.2 Å². The summed E-state index contributed by atoms with van der Waals surface area (Å²) in [6.45, 7) is 2.33. The highest BCUT2D eigenvalue weighted by molar-refractivity contribution is 7.89. The molecule has 160 valence electrons. The van der Waals surface area contributed by atoms with E-state index >= 15 is 0 Å².